The number of fused-ring (bicyclic) bond motifs is 13. The van der Waals surface area contributed by atoms with E-state index in [0.717, 1.165) is 23.5 Å². The molecule has 0 aromatic heterocycles. The van der Waals surface area contributed by atoms with Gasteiger partial charge < -0.3 is 4.90 Å². The Balaban J connectivity index is 1.04. The lowest BCUT2D eigenvalue weighted by Gasteiger charge is -2.31. The number of hydrogen-bond donors (Lipinski definition) is 0. The number of benzene rings is 9. The van der Waals surface area contributed by atoms with Crippen LogP contribution in [0.25, 0.3) is 55.6 Å². The molecule has 0 heterocycles. The van der Waals surface area contributed by atoms with Crippen molar-refractivity contribution in [1.82, 2.24) is 0 Å². The zero-order valence-corrected chi connectivity index (χ0v) is 36.7. The molecule has 13 rings (SSSR count). The molecule has 1 nitrogen and oxygen atoms in total. The molecule has 1 heteroatoms. The van der Waals surface area contributed by atoms with Crippen molar-refractivity contribution in [3.8, 4) is 55.6 Å². The first kappa shape index (κ1) is 37.8. The van der Waals surface area contributed by atoms with Crippen molar-refractivity contribution in [1.29, 1.82) is 0 Å². The summed E-state index contributed by atoms with van der Waals surface area (Å²) in [7, 11) is 0. The van der Waals surface area contributed by atoms with Crippen molar-refractivity contribution >= 4 is 17.1 Å². The van der Waals surface area contributed by atoms with Crippen molar-refractivity contribution in [3.05, 3.63) is 270 Å². The second-order valence-electron chi connectivity index (χ2n) is 18.7. The number of para-hydroxylation sites is 1. The maximum absolute atomic E-state index is 2.51. The number of anilines is 3. The average Bonchev–Trinajstić information content (AvgIpc) is 3.93. The van der Waals surface area contributed by atoms with Gasteiger partial charge in [-0.25, -0.2) is 0 Å². The topological polar surface area (TPSA) is 3.24 Å². The summed E-state index contributed by atoms with van der Waals surface area (Å²) in [5, 5.41) is 0. The van der Waals surface area contributed by atoms with Crippen molar-refractivity contribution in [2.45, 2.75) is 37.0 Å². The molecule has 2 atom stereocenters. The Morgan fingerprint density at radius 1 is 0.400 bits per heavy atom. The maximum Gasteiger partial charge on any atom is 0.0725 e. The molecule has 2 unspecified atom stereocenters. The second kappa shape index (κ2) is 14.4. The van der Waals surface area contributed by atoms with Crippen LogP contribution in [0, 0.1) is 0 Å². The fourth-order valence-corrected chi connectivity index (χ4v) is 12.2. The van der Waals surface area contributed by atoms with Crippen LogP contribution < -0.4 is 4.90 Å². The largest absolute Gasteiger partial charge is 0.310 e. The summed E-state index contributed by atoms with van der Waals surface area (Å²) < 4.78 is 0. The first-order valence-corrected chi connectivity index (χ1v) is 23.1. The fraction of sp³-hybridized carbons (Fsp3) is 0.0938. The smallest absolute Gasteiger partial charge is 0.0725 e. The molecule has 1 spiro atoms. The molecule has 4 aliphatic rings. The van der Waals surface area contributed by atoms with E-state index in [1.165, 1.54) is 94.6 Å². The van der Waals surface area contributed by atoms with Crippen molar-refractivity contribution in [2.75, 3.05) is 4.90 Å². The highest BCUT2D eigenvalue weighted by molar-refractivity contribution is 6.04. The van der Waals surface area contributed by atoms with Gasteiger partial charge in [0.1, 0.15) is 0 Å². The van der Waals surface area contributed by atoms with Gasteiger partial charge in [-0.2, -0.15) is 0 Å². The Labute approximate surface area is 382 Å². The number of nitrogens with zero attached hydrogens (tertiary/aromatic N) is 1. The van der Waals surface area contributed by atoms with Crippen molar-refractivity contribution in [3.63, 3.8) is 0 Å². The molecule has 0 bridgehead atoms. The van der Waals surface area contributed by atoms with Crippen LogP contribution in [0.5, 0.6) is 0 Å². The zero-order chi connectivity index (χ0) is 43.3. The Kier molecular flexibility index (Phi) is 8.37. The minimum Gasteiger partial charge on any atom is -0.310 e. The van der Waals surface area contributed by atoms with Crippen LogP contribution in [-0.4, -0.2) is 0 Å². The molecule has 308 valence electrons. The van der Waals surface area contributed by atoms with Crippen molar-refractivity contribution in [2.24, 2.45) is 0 Å². The molecule has 9 aromatic rings. The van der Waals surface area contributed by atoms with E-state index in [2.05, 4.69) is 249 Å². The van der Waals surface area contributed by atoms with Gasteiger partial charge in [-0.15, -0.1) is 0 Å². The third kappa shape index (κ3) is 5.39. The normalized spacial score (nSPS) is 17.5. The SMILES string of the molecule is CC1(C)c2ccccc2-c2ccc(N(c3ccc(C4C=CC=CC4)cc3)c3ccccc3-c3cccc4c3-c3ccccc3C43c4ccccc4-c4c(-c5ccccc5)cccc43)cc21. The van der Waals surface area contributed by atoms with E-state index in [0.29, 0.717) is 5.92 Å². The third-order valence-electron chi connectivity index (χ3n) is 15.0. The lowest BCUT2D eigenvalue weighted by atomic mass is 9.70. The van der Waals surface area contributed by atoms with E-state index in [4.69, 9.17) is 0 Å². The molecular weight excluding hydrogens is 783 g/mol. The standard InChI is InChI=1S/C64H47N/c1-63(2)54-29-13-9-23-48(54)49-40-39-46(41-59(49)63)65(45-37-35-43(36-38-45)42-19-5-3-6-20-42)60-34-16-12-24-50(60)51-28-18-33-58-62(51)53-26-11-15-31-56(53)64(58)55-30-14-10-25-52(55)61-47(27-17-32-57(61)64)44-21-7-4-8-22-44/h3-19,21-42H,20H2,1-2H3. The van der Waals surface area contributed by atoms with E-state index in [9.17, 15) is 0 Å². The first-order valence-electron chi connectivity index (χ1n) is 23.1. The second-order valence-corrected chi connectivity index (χ2v) is 18.7. The van der Waals surface area contributed by atoms with Crippen LogP contribution in [0.2, 0.25) is 0 Å². The Morgan fingerprint density at radius 2 is 0.938 bits per heavy atom. The summed E-state index contributed by atoms with van der Waals surface area (Å²) in [6.45, 7) is 4.76. The Bertz CT molecular complexity index is 3440. The lowest BCUT2D eigenvalue weighted by Crippen LogP contribution is -2.25. The minimum atomic E-state index is -0.480. The van der Waals surface area contributed by atoms with Gasteiger partial charge in [-0.05, 0) is 126 Å². The van der Waals surface area contributed by atoms with Crippen LogP contribution in [0.1, 0.15) is 65.1 Å². The van der Waals surface area contributed by atoms with E-state index in [-0.39, 0.29) is 5.41 Å². The van der Waals surface area contributed by atoms with Gasteiger partial charge in [0.2, 0.25) is 0 Å². The molecule has 9 aromatic carbocycles. The first-order chi connectivity index (χ1) is 32.0. The van der Waals surface area contributed by atoms with Crippen LogP contribution >= 0.6 is 0 Å². The molecule has 0 radical (unpaired) electrons. The van der Waals surface area contributed by atoms with Crippen LogP contribution in [0.15, 0.2) is 231 Å². The molecule has 0 N–H and O–H groups in total. The summed E-state index contributed by atoms with van der Waals surface area (Å²) in [5.41, 5.74) is 25.2. The molecule has 65 heavy (non-hydrogen) atoms. The van der Waals surface area contributed by atoms with E-state index in [1.807, 2.05) is 0 Å². The van der Waals surface area contributed by atoms with Gasteiger partial charge in [-0.3, -0.25) is 0 Å². The zero-order valence-electron chi connectivity index (χ0n) is 36.7. The molecule has 0 saturated heterocycles. The van der Waals surface area contributed by atoms with Gasteiger partial charge in [0.25, 0.3) is 0 Å². The minimum absolute atomic E-state index is 0.135. The van der Waals surface area contributed by atoms with Crippen LogP contribution in [0.3, 0.4) is 0 Å². The fourth-order valence-electron chi connectivity index (χ4n) is 12.2. The predicted molar refractivity (Wildman–Crippen MR) is 271 cm³/mol. The van der Waals surface area contributed by atoms with Crippen LogP contribution in [-0.2, 0) is 10.8 Å². The molecule has 4 aliphatic carbocycles. The Hall–Kier alpha value is -7.74. The number of rotatable bonds is 6. The van der Waals surface area contributed by atoms with E-state index in [1.54, 1.807) is 0 Å². The van der Waals surface area contributed by atoms with Gasteiger partial charge in [0.15, 0.2) is 0 Å². The molecule has 0 aliphatic heterocycles. The Morgan fingerprint density at radius 3 is 1.63 bits per heavy atom. The van der Waals surface area contributed by atoms with Gasteiger partial charge in [-0.1, -0.05) is 214 Å². The van der Waals surface area contributed by atoms with Crippen LogP contribution in [0.4, 0.5) is 17.1 Å². The summed E-state index contributed by atoms with van der Waals surface area (Å²) in [6.07, 6.45) is 9.96. The highest BCUT2D eigenvalue weighted by Gasteiger charge is 2.52. The molecule has 0 amide bonds. The number of hydrogen-bond acceptors (Lipinski definition) is 1. The summed E-state index contributed by atoms with van der Waals surface area (Å²) >= 11 is 0. The lowest BCUT2D eigenvalue weighted by molar-refractivity contribution is 0.660. The van der Waals surface area contributed by atoms with Gasteiger partial charge in [0, 0.05) is 28.3 Å². The third-order valence-corrected chi connectivity index (χ3v) is 15.0. The van der Waals surface area contributed by atoms with Gasteiger partial charge in [0.05, 0.1) is 11.1 Å². The summed E-state index contributed by atoms with van der Waals surface area (Å²) in [4.78, 5) is 2.51. The maximum atomic E-state index is 2.51. The summed E-state index contributed by atoms with van der Waals surface area (Å²) in [5.74, 6) is 0.378. The monoisotopic (exact) mass is 829 g/mol. The average molecular weight is 830 g/mol. The van der Waals surface area contributed by atoms with Crippen molar-refractivity contribution < 1.29 is 0 Å². The predicted octanol–water partition coefficient (Wildman–Crippen LogP) is 16.7. The van der Waals surface area contributed by atoms with Gasteiger partial charge >= 0.3 is 0 Å². The highest BCUT2D eigenvalue weighted by atomic mass is 15.1. The van der Waals surface area contributed by atoms with E-state index < -0.39 is 5.41 Å². The number of allylic oxidation sites excluding steroid dienone is 4. The van der Waals surface area contributed by atoms with E-state index >= 15 is 0 Å². The molecule has 0 saturated carbocycles. The molecule has 0 fully saturated rings. The quantitative estimate of drug-likeness (QED) is 0.161. The summed E-state index contributed by atoms with van der Waals surface area (Å²) in [6, 6.07) is 77.9. The molecular formula is C64H47N. The highest BCUT2D eigenvalue weighted by Crippen LogP contribution is 2.65.